The lowest BCUT2D eigenvalue weighted by atomic mass is 9.93. The van der Waals surface area contributed by atoms with Crippen molar-refractivity contribution >= 4 is 11.4 Å². The van der Waals surface area contributed by atoms with Gasteiger partial charge in [0, 0.05) is 48.5 Å². The summed E-state index contributed by atoms with van der Waals surface area (Å²) < 4.78 is 40.1. The van der Waals surface area contributed by atoms with E-state index in [-0.39, 0.29) is 0 Å². The molecular weight excluding hydrogens is 596 g/mol. The first-order valence-electron chi connectivity index (χ1n) is 15.6. The van der Waals surface area contributed by atoms with Crippen LogP contribution >= 0.6 is 0 Å². The van der Waals surface area contributed by atoms with E-state index in [1.165, 1.54) is 11.1 Å². The van der Waals surface area contributed by atoms with Gasteiger partial charge in [0.2, 0.25) is 0 Å². The second kappa shape index (κ2) is 14.1. The number of methoxy groups -OCH3 is 6. The zero-order valence-corrected chi connectivity index (χ0v) is 27.8. The lowest BCUT2D eigenvalue weighted by molar-refractivity contribution is 0.354. The van der Waals surface area contributed by atoms with Gasteiger partial charge in [-0.1, -0.05) is 12.1 Å². The van der Waals surface area contributed by atoms with Crippen molar-refractivity contribution in [1.29, 1.82) is 0 Å². The lowest BCUT2D eigenvalue weighted by Crippen LogP contribution is -2.16. The largest absolute Gasteiger partial charge is 0.493 e. The predicted octanol–water partition coefficient (Wildman–Crippen LogP) is 6.71. The Balaban J connectivity index is 1.20. The zero-order valence-electron chi connectivity index (χ0n) is 27.8. The van der Waals surface area contributed by atoms with Gasteiger partial charge in [-0.3, -0.25) is 9.98 Å². The van der Waals surface area contributed by atoms with Crippen molar-refractivity contribution in [3.8, 4) is 46.0 Å². The van der Waals surface area contributed by atoms with Crippen LogP contribution in [0.1, 0.15) is 33.4 Å². The highest BCUT2D eigenvalue weighted by molar-refractivity contribution is 6.05. The second-order valence-electron chi connectivity index (χ2n) is 11.3. The Morgan fingerprint density at radius 2 is 0.809 bits per heavy atom. The molecular formula is C38H40N2O7. The molecule has 0 bridgehead atoms. The number of nitrogens with zero attached hydrogens (tertiary/aromatic N) is 2. The zero-order chi connectivity index (χ0) is 32.9. The molecule has 0 aliphatic carbocycles. The summed E-state index contributed by atoms with van der Waals surface area (Å²) in [5.74, 6) is 5.27. The fraction of sp³-hybridized carbons (Fsp3) is 0.316. The first kappa shape index (κ1) is 31.8. The maximum absolute atomic E-state index is 6.37. The van der Waals surface area contributed by atoms with Crippen LogP contribution in [0.25, 0.3) is 0 Å². The van der Waals surface area contributed by atoms with Gasteiger partial charge < -0.3 is 33.2 Å². The first-order valence-corrected chi connectivity index (χ1v) is 15.6. The molecule has 4 aromatic carbocycles. The molecule has 0 saturated heterocycles. The Bertz CT molecular complexity index is 1710. The highest BCUT2D eigenvalue weighted by atomic mass is 16.5. The molecule has 0 unspecified atom stereocenters. The summed E-state index contributed by atoms with van der Waals surface area (Å²) in [5, 5.41) is 0. The molecule has 0 amide bonds. The van der Waals surface area contributed by atoms with E-state index in [0.29, 0.717) is 47.3 Å². The predicted molar refractivity (Wildman–Crippen MR) is 183 cm³/mol. The van der Waals surface area contributed by atoms with E-state index in [0.717, 1.165) is 71.1 Å². The van der Waals surface area contributed by atoms with Crippen molar-refractivity contribution in [3.63, 3.8) is 0 Å². The normalized spacial score (nSPS) is 13.4. The third-order valence-electron chi connectivity index (χ3n) is 8.63. The van der Waals surface area contributed by atoms with E-state index in [9.17, 15) is 0 Å². The minimum atomic E-state index is 0.589. The van der Waals surface area contributed by atoms with Crippen LogP contribution in [-0.2, 0) is 25.7 Å². The molecule has 9 heteroatoms. The van der Waals surface area contributed by atoms with Crippen LogP contribution in [0, 0.1) is 0 Å². The van der Waals surface area contributed by atoms with Gasteiger partial charge in [-0.15, -0.1) is 0 Å². The summed E-state index contributed by atoms with van der Waals surface area (Å²) in [6.07, 6.45) is 3.01. The fourth-order valence-corrected chi connectivity index (χ4v) is 6.21. The third-order valence-corrected chi connectivity index (χ3v) is 8.63. The van der Waals surface area contributed by atoms with Crippen LogP contribution in [0.3, 0.4) is 0 Å². The summed E-state index contributed by atoms with van der Waals surface area (Å²) in [7, 11) is 9.90. The van der Waals surface area contributed by atoms with Gasteiger partial charge in [-0.05, 0) is 83.6 Å². The number of hydrogen-bond donors (Lipinski definition) is 0. The number of fused-ring (bicyclic) bond motifs is 2. The van der Waals surface area contributed by atoms with Crippen LogP contribution in [-0.4, -0.2) is 67.2 Å². The monoisotopic (exact) mass is 636 g/mol. The Hall–Kier alpha value is -5.18. The summed E-state index contributed by atoms with van der Waals surface area (Å²) in [6, 6.07) is 20.1. The van der Waals surface area contributed by atoms with Crippen LogP contribution in [0.15, 0.2) is 70.6 Å². The molecule has 0 saturated carbocycles. The molecule has 0 N–H and O–H groups in total. The Morgan fingerprint density at radius 1 is 0.447 bits per heavy atom. The summed E-state index contributed by atoms with van der Waals surface area (Å²) in [4.78, 5) is 9.71. The smallest absolute Gasteiger partial charge is 0.169 e. The van der Waals surface area contributed by atoms with Gasteiger partial charge in [0.25, 0.3) is 0 Å². The molecule has 9 nitrogen and oxygen atoms in total. The molecule has 2 aliphatic heterocycles. The first-order chi connectivity index (χ1) is 23.0. The average Bonchev–Trinajstić information content (AvgIpc) is 3.11. The molecule has 6 rings (SSSR count). The summed E-state index contributed by atoms with van der Waals surface area (Å²) in [5.41, 5.74) is 8.69. The van der Waals surface area contributed by atoms with Gasteiger partial charge in [0.05, 0.1) is 42.7 Å². The van der Waals surface area contributed by atoms with Crippen molar-refractivity contribution < 1.29 is 33.2 Å². The van der Waals surface area contributed by atoms with Crippen LogP contribution in [0.4, 0.5) is 0 Å². The molecule has 0 spiro atoms. The minimum absolute atomic E-state index is 0.589. The van der Waals surface area contributed by atoms with Crippen LogP contribution in [0.2, 0.25) is 0 Å². The van der Waals surface area contributed by atoms with Gasteiger partial charge in [-0.25, -0.2) is 0 Å². The minimum Gasteiger partial charge on any atom is -0.493 e. The number of hydrogen-bond acceptors (Lipinski definition) is 9. The lowest BCUT2D eigenvalue weighted by Gasteiger charge is -2.21. The van der Waals surface area contributed by atoms with Crippen LogP contribution < -0.4 is 33.2 Å². The highest BCUT2D eigenvalue weighted by Crippen LogP contribution is 2.39. The second-order valence-corrected chi connectivity index (χ2v) is 11.3. The van der Waals surface area contributed by atoms with E-state index in [2.05, 4.69) is 12.1 Å². The number of aliphatic imine (C=N–C) groups is 2. The van der Waals surface area contributed by atoms with Crippen molar-refractivity contribution in [2.75, 3.05) is 55.7 Å². The molecule has 0 aromatic heterocycles. The van der Waals surface area contributed by atoms with E-state index in [1.54, 1.807) is 42.7 Å². The van der Waals surface area contributed by atoms with Crippen molar-refractivity contribution in [2.45, 2.75) is 25.7 Å². The maximum Gasteiger partial charge on any atom is 0.169 e. The molecule has 0 fully saturated rings. The van der Waals surface area contributed by atoms with Gasteiger partial charge >= 0.3 is 0 Å². The van der Waals surface area contributed by atoms with Gasteiger partial charge in [-0.2, -0.15) is 0 Å². The van der Waals surface area contributed by atoms with Crippen molar-refractivity contribution in [1.82, 2.24) is 0 Å². The van der Waals surface area contributed by atoms with E-state index in [1.807, 2.05) is 48.5 Å². The van der Waals surface area contributed by atoms with E-state index in [4.69, 9.17) is 43.1 Å². The molecule has 0 radical (unpaired) electrons. The fourth-order valence-electron chi connectivity index (χ4n) is 6.21. The quantitative estimate of drug-likeness (QED) is 0.171. The number of rotatable bonds is 12. The van der Waals surface area contributed by atoms with E-state index < -0.39 is 0 Å². The standard InChI is InChI=1S/C38H40N2O7/c1-41-33-17-23(15-29-27-21-37(45-5)35(43-3)19-25(27)11-13-39-29)7-9-31(33)47-32-10-8-24(18-34(32)42-2)16-30-28-22-38(46-6)36(44-4)20-26(28)12-14-40-30/h7-10,17-22H,11-16H2,1-6H3. The summed E-state index contributed by atoms with van der Waals surface area (Å²) in [6.45, 7) is 1.46. The molecule has 47 heavy (non-hydrogen) atoms. The third kappa shape index (κ3) is 6.56. The average molecular weight is 637 g/mol. The van der Waals surface area contributed by atoms with Crippen LogP contribution in [0.5, 0.6) is 46.0 Å². The van der Waals surface area contributed by atoms with Gasteiger partial charge in [0.1, 0.15) is 0 Å². The SMILES string of the molecule is COc1cc2c(cc1OC)C(Cc1ccc(Oc3ccc(CC4=NCCc5cc(OC)c(OC)cc54)cc3OC)c(OC)c1)=NCC2. The van der Waals surface area contributed by atoms with E-state index >= 15 is 0 Å². The molecule has 244 valence electrons. The molecule has 0 atom stereocenters. The van der Waals surface area contributed by atoms with Crippen molar-refractivity contribution in [2.24, 2.45) is 9.98 Å². The van der Waals surface area contributed by atoms with Crippen molar-refractivity contribution in [3.05, 3.63) is 94.0 Å². The molecule has 2 heterocycles. The molecule has 4 aromatic rings. The summed E-state index contributed by atoms with van der Waals surface area (Å²) >= 11 is 0. The number of benzene rings is 4. The Labute approximate surface area is 275 Å². The van der Waals surface area contributed by atoms with Gasteiger partial charge in [0.15, 0.2) is 46.0 Å². The maximum atomic E-state index is 6.37. The Kier molecular flexibility index (Phi) is 9.52. The number of ether oxygens (including phenoxy) is 7. The molecule has 2 aliphatic rings. The topological polar surface area (TPSA) is 89.3 Å². The highest BCUT2D eigenvalue weighted by Gasteiger charge is 2.22. The Morgan fingerprint density at radius 3 is 1.19 bits per heavy atom.